The van der Waals surface area contributed by atoms with Gasteiger partial charge in [0.15, 0.2) is 4.34 Å². The number of hydrogen-bond acceptors (Lipinski definition) is 8. The molecule has 186 valence electrons. The van der Waals surface area contributed by atoms with Gasteiger partial charge in [0.05, 0.1) is 10.6 Å². The van der Waals surface area contributed by atoms with Gasteiger partial charge in [0.25, 0.3) is 0 Å². The van der Waals surface area contributed by atoms with E-state index in [-0.39, 0.29) is 16.6 Å². The zero-order valence-electron chi connectivity index (χ0n) is 19.6. The van der Waals surface area contributed by atoms with Gasteiger partial charge < -0.3 is 10.6 Å². The lowest BCUT2D eigenvalue weighted by Crippen LogP contribution is -2.32. The zero-order chi connectivity index (χ0) is 24.7. The van der Waals surface area contributed by atoms with Crippen LogP contribution >= 0.6 is 23.1 Å². The van der Waals surface area contributed by atoms with E-state index in [1.807, 2.05) is 12.1 Å². The van der Waals surface area contributed by atoms with Gasteiger partial charge >= 0.3 is 0 Å². The normalized spacial score (nSPS) is 14.9. The van der Waals surface area contributed by atoms with Gasteiger partial charge in [0.2, 0.25) is 21.1 Å². The van der Waals surface area contributed by atoms with Gasteiger partial charge in [-0.25, -0.2) is 8.42 Å². The van der Waals surface area contributed by atoms with E-state index < -0.39 is 10.0 Å². The summed E-state index contributed by atoms with van der Waals surface area (Å²) in [5.74, 6) is -0.0951. The molecule has 0 aliphatic carbocycles. The summed E-state index contributed by atoms with van der Waals surface area (Å²) in [6.45, 7) is 3.19. The Morgan fingerprint density at radius 3 is 2.49 bits per heavy atom. The zero-order valence-corrected chi connectivity index (χ0v) is 22.0. The summed E-state index contributed by atoms with van der Waals surface area (Å²) in [5.41, 5.74) is 2.66. The number of hydrogen-bond donors (Lipinski definition) is 2. The maximum absolute atomic E-state index is 13.0. The van der Waals surface area contributed by atoms with Crippen molar-refractivity contribution in [1.29, 1.82) is 0 Å². The van der Waals surface area contributed by atoms with Gasteiger partial charge in [-0.3, -0.25) is 4.79 Å². The summed E-state index contributed by atoms with van der Waals surface area (Å²) in [7, 11) is -3.57. The van der Waals surface area contributed by atoms with E-state index in [4.69, 9.17) is 0 Å². The number of sulfonamides is 1. The topological polar surface area (TPSA) is 104 Å². The average molecular weight is 532 g/mol. The number of carbonyl (C=O) groups excluding carboxylic acids is 1. The summed E-state index contributed by atoms with van der Waals surface area (Å²) < 4.78 is 28.3. The summed E-state index contributed by atoms with van der Waals surface area (Å²) in [5, 5.41) is 15.0. The van der Waals surface area contributed by atoms with E-state index >= 15 is 0 Å². The molecule has 8 nitrogen and oxygen atoms in total. The van der Waals surface area contributed by atoms with Crippen LogP contribution in [0, 0.1) is 0 Å². The van der Waals surface area contributed by atoms with Crippen molar-refractivity contribution in [2.24, 2.45) is 0 Å². The third kappa shape index (κ3) is 7.03. The van der Waals surface area contributed by atoms with Crippen molar-refractivity contribution in [1.82, 2.24) is 14.5 Å². The number of aryl methyl sites for hydroxylation is 1. The van der Waals surface area contributed by atoms with Crippen LogP contribution in [0.25, 0.3) is 0 Å². The van der Waals surface area contributed by atoms with Crippen LogP contribution in [-0.4, -0.2) is 47.7 Å². The molecule has 0 spiro atoms. The first-order valence-electron chi connectivity index (χ1n) is 11.7. The molecule has 0 bridgehead atoms. The van der Waals surface area contributed by atoms with Crippen LogP contribution in [0.15, 0.2) is 57.8 Å². The SMILES string of the molecule is CCc1ccc(Nc2nnc(SCC(=O)Nc3cccc(S(=O)(=O)N4CCCCCC4)c3)s2)cc1. The summed E-state index contributed by atoms with van der Waals surface area (Å²) in [4.78, 5) is 12.7. The van der Waals surface area contributed by atoms with Crippen LogP contribution in [0.2, 0.25) is 0 Å². The highest BCUT2D eigenvalue weighted by Gasteiger charge is 2.25. The fourth-order valence-electron chi connectivity index (χ4n) is 3.76. The van der Waals surface area contributed by atoms with E-state index in [1.54, 1.807) is 22.5 Å². The van der Waals surface area contributed by atoms with Crippen molar-refractivity contribution in [2.45, 2.75) is 48.3 Å². The predicted molar refractivity (Wildman–Crippen MR) is 142 cm³/mol. The van der Waals surface area contributed by atoms with Crippen molar-refractivity contribution in [3.05, 3.63) is 54.1 Å². The molecular weight excluding hydrogens is 502 g/mol. The van der Waals surface area contributed by atoms with Crippen molar-refractivity contribution in [3.8, 4) is 0 Å². The van der Waals surface area contributed by atoms with Gasteiger partial charge in [0, 0.05) is 24.5 Å². The average Bonchev–Trinajstić information content (AvgIpc) is 3.12. The van der Waals surface area contributed by atoms with Crippen molar-refractivity contribution < 1.29 is 13.2 Å². The molecular formula is C24H29N5O3S3. The van der Waals surface area contributed by atoms with Crippen molar-refractivity contribution in [3.63, 3.8) is 0 Å². The van der Waals surface area contributed by atoms with Gasteiger partial charge in [-0.05, 0) is 55.2 Å². The molecule has 1 aromatic heterocycles. The van der Waals surface area contributed by atoms with E-state index in [0.29, 0.717) is 28.2 Å². The summed E-state index contributed by atoms with van der Waals surface area (Å²) in [6, 6.07) is 14.6. The van der Waals surface area contributed by atoms with Crippen LogP contribution in [0.4, 0.5) is 16.5 Å². The predicted octanol–water partition coefficient (Wildman–Crippen LogP) is 5.14. The molecule has 2 N–H and O–H groups in total. The second-order valence-corrected chi connectivity index (χ2v) is 12.4. The Morgan fingerprint density at radius 2 is 1.77 bits per heavy atom. The smallest absolute Gasteiger partial charge is 0.243 e. The van der Waals surface area contributed by atoms with E-state index in [9.17, 15) is 13.2 Å². The van der Waals surface area contributed by atoms with Gasteiger partial charge in [-0.2, -0.15) is 4.31 Å². The van der Waals surface area contributed by atoms with E-state index in [1.165, 1.54) is 34.7 Å². The molecule has 0 saturated carbocycles. The van der Waals surface area contributed by atoms with Crippen LogP contribution in [0.1, 0.15) is 38.2 Å². The molecule has 35 heavy (non-hydrogen) atoms. The first-order valence-corrected chi connectivity index (χ1v) is 14.9. The number of nitrogens with one attached hydrogen (secondary N) is 2. The highest BCUT2D eigenvalue weighted by molar-refractivity contribution is 8.01. The maximum Gasteiger partial charge on any atom is 0.243 e. The molecule has 0 atom stereocenters. The molecule has 1 aliphatic rings. The molecule has 2 aromatic carbocycles. The molecule has 1 aliphatic heterocycles. The van der Waals surface area contributed by atoms with Crippen LogP contribution < -0.4 is 10.6 Å². The Kier molecular flexibility index (Phi) is 8.77. The number of benzene rings is 2. The molecule has 1 saturated heterocycles. The van der Waals surface area contributed by atoms with Crippen LogP contribution in [-0.2, 0) is 21.2 Å². The highest BCUT2D eigenvalue weighted by atomic mass is 32.2. The van der Waals surface area contributed by atoms with Crippen LogP contribution in [0.3, 0.4) is 0 Å². The molecule has 0 radical (unpaired) electrons. The third-order valence-electron chi connectivity index (χ3n) is 5.67. The first-order chi connectivity index (χ1) is 16.9. The Balaban J connectivity index is 1.31. The minimum atomic E-state index is -3.57. The van der Waals surface area contributed by atoms with Gasteiger partial charge in [-0.1, -0.05) is 61.1 Å². The summed E-state index contributed by atoms with van der Waals surface area (Å²) in [6.07, 6.45) is 4.85. The number of nitrogens with zero attached hydrogens (tertiary/aromatic N) is 3. The number of carbonyl (C=O) groups is 1. The molecule has 1 fully saturated rings. The molecule has 11 heteroatoms. The van der Waals surface area contributed by atoms with Crippen molar-refractivity contribution >= 4 is 55.5 Å². The fraction of sp³-hybridized carbons (Fsp3) is 0.375. The fourth-order valence-corrected chi connectivity index (χ4v) is 6.89. The molecule has 4 rings (SSSR count). The lowest BCUT2D eigenvalue weighted by molar-refractivity contribution is -0.113. The number of anilines is 3. The monoisotopic (exact) mass is 531 g/mol. The highest BCUT2D eigenvalue weighted by Crippen LogP contribution is 2.28. The lowest BCUT2D eigenvalue weighted by atomic mass is 10.1. The number of amides is 1. The maximum atomic E-state index is 13.0. The molecule has 2 heterocycles. The van der Waals surface area contributed by atoms with Gasteiger partial charge in [-0.15, -0.1) is 10.2 Å². The first kappa shape index (κ1) is 25.6. The second-order valence-electron chi connectivity index (χ2n) is 8.23. The second kappa shape index (κ2) is 12.0. The third-order valence-corrected chi connectivity index (χ3v) is 9.53. The van der Waals surface area contributed by atoms with E-state index in [2.05, 4.69) is 39.9 Å². The molecule has 0 unspecified atom stereocenters. The quantitative estimate of drug-likeness (QED) is 0.369. The van der Waals surface area contributed by atoms with E-state index in [0.717, 1.165) is 37.8 Å². The summed E-state index contributed by atoms with van der Waals surface area (Å²) >= 11 is 2.66. The van der Waals surface area contributed by atoms with Crippen molar-refractivity contribution in [2.75, 3.05) is 29.5 Å². The Hall–Kier alpha value is -2.47. The Bertz CT molecular complexity index is 1240. The largest absolute Gasteiger partial charge is 0.330 e. The Morgan fingerprint density at radius 1 is 1.03 bits per heavy atom. The number of aromatic nitrogens is 2. The van der Waals surface area contributed by atoms with Crippen LogP contribution in [0.5, 0.6) is 0 Å². The molecule has 3 aromatic rings. The molecule has 1 amide bonds. The minimum absolute atomic E-state index is 0.142. The minimum Gasteiger partial charge on any atom is -0.330 e. The number of rotatable bonds is 9. The number of thioether (sulfide) groups is 1. The Labute approximate surface area is 214 Å². The lowest BCUT2D eigenvalue weighted by Gasteiger charge is -2.20. The standard InChI is InChI=1S/C24H29N5O3S3/c1-2-18-10-12-19(13-11-18)26-23-27-28-24(34-23)33-17-22(30)25-20-8-7-9-21(16-20)35(31,32)29-14-5-3-4-6-15-29/h7-13,16H,2-6,14-15,17H2,1H3,(H,25,30)(H,26,27). The van der Waals surface area contributed by atoms with Gasteiger partial charge in [0.1, 0.15) is 0 Å².